The summed E-state index contributed by atoms with van der Waals surface area (Å²) in [5, 5.41) is 6.66. The lowest BCUT2D eigenvalue weighted by Gasteiger charge is -2.05. The molecular weight excluding hydrogens is 352 g/mol. The maximum Gasteiger partial charge on any atom is 0.265 e. The first-order valence-electron chi connectivity index (χ1n) is 6.51. The molecule has 7 heteroatoms. The summed E-state index contributed by atoms with van der Waals surface area (Å²) in [6.07, 6.45) is 0. The molecule has 1 heterocycles. The average molecular weight is 369 g/mol. The number of nitrogens with two attached hydrogens (primary N) is 1. The second-order valence-corrected chi connectivity index (χ2v) is 6.76. The third kappa shape index (κ3) is 4.44. The Kier molecular flexibility index (Phi) is 5.19. The summed E-state index contributed by atoms with van der Waals surface area (Å²) in [5.41, 5.74) is 6.82. The molecule has 0 fully saturated rings. The molecule has 2 rings (SSSR count). The fraction of sp³-hybridized carbons (Fsp3) is 0.286. The van der Waals surface area contributed by atoms with E-state index in [1.165, 1.54) is 11.3 Å². The molecule has 1 aromatic carbocycles. The number of carbonyl (C=O) groups is 1. The molecule has 0 saturated carbocycles. The summed E-state index contributed by atoms with van der Waals surface area (Å²) >= 11 is 4.67. The molecule has 21 heavy (non-hydrogen) atoms. The Balaban J connectivity index is 2.01. The Morgan fingerprint density at radius 2 is 2.24 bits per heavy atom. The summed E-state index contributed by atoms with van der Waals surface area (Å²) in [4.78, 5) is 16.8. The van der Waals surface area contributed by atoms with E-state index in [4.69, 9.17) is 5.73 Å². The molecule has 0 aliphatic rings. The number of hydrogen-bond acceptors (Lipinski definition) is 5. The van der Waals surface area contributed by atoms with Crippen molar-refractivity contribution in [2.75, 3.05) is 11.1 Å². The van der Waals surface area contributed by atoms with Crippen LogP contribution in [0.5, 0.6) is 0 Å². The molecule has 0 atom stereocenters. The number of hydrogen-bond donors (Lipinski definition) is 3. The van der Waals surface area contributed by atoms with Gasteiger partial charge in [-0.3, -0.25) is 4.79 Å². The van der Waals surface area contributed by atoms with E-state index in [-0.39, 0.29) is 17.8 Å². The molecule has 0 bridgehead atoms. The lowest BCUT2D eigenvalue weighted by molar-refractivity contribution is 0.0955. The number of anilines is 2. The Morgan fingerprint density at radius 3 is 2.90 bits per heavy atom. The van der Waals surface area contributed by atoms with Crippen LogP contribution in [0.4, 0.5) is 10.9 Å². The van der Waals surface area contributed by atoms with E-state index in [2.05, 4.69) is 31.5 Å². The fourth-order valence-electron chi connectivity index (χ4n) is 1.71. The molecule has 112 valence electrons. The van der Waals surface area contributed by atoms with Crippen molar-refractivity contribution in [2.24, 2.45) is 0 Å². The lowest BCUT2D eigenvalue weighted by Crippen LogP contribution is -2.22. The second kappa shape index (κ2) is 6.91. The van der Waals surface area contributed by atoms with Gasteiger partial charge in [-0.05, 0) is 31.5 Å². The van der Waals surface area contributed by atoms with Crippen molar-refractivity contribution in [1.82, 2.24) is 10.3 Å². The van der Waals surface area contributed by atoms with Crippen LogP contribution in [0.25, 0.3) is 0 Å². The van der Waals surface area contributed by atoms with Gasteiger partial charge in [0.1, 0.15) is 10.7 Å². The summed E-state index contributed by atoms with van der Waals surface area (Å²) < 4.78 is 0.981. The van der Waals surface area contributed by atoms with Gasteiger partial charge in [-0.25, -0.2) is 4.98 Å². The molecule has 0 aliphatic heterocycles. The smallest absolute Gasteiger partial charge is 0.265 e. The van der Waals surface area contributed by atoms with Crippen LogP contribution in [-0.4, -0.2) is 16.9 Å². The first kappa shape index (κ1) is 15.8. The van der Waals surface area contributed by atoms with Gasteiger partial charge in [0, 0.05) is 17.1 Å². The molecule has 0 radical (unpaired) electrons. The molecular formula is C14H17BrN4OS. The first-order valence-corrected chi connectivity index (χ1v) is 8.12. The monoisotopic (exact) mass is 368 g/mol. The highest BCUT2D eigenvalue weighted by atomic mass is 79.9. The molecule has 1 amide bonds. The lowest BCUT2D eigenvalue weighted by atomic mass is 10.2. The number of nitrogen functional groups attached to an aromatic ring is 1. The quantitative estimate of drug-likeness (QED) is 0.756. The van der Waals surface area contributed by atoms with E-state index in [1.807, 2.05) is 38.1 Å². The van der Waals surface area contributed by atoms with E-state index in [9.17, 15) is 4.79 Å². The predicted molar refractivity (Wildman–Crippen MR) is 90.6 cm³/mol. The van der Waals surface area contributed by atoms with Crippen LogP contribution in [0.1, 0.15) is 29.1 Å². The third-order valence-corrected chi connectivity index (χ3v) is 4.11. The van der Waals surface area contributed by atoms with Gasteiger partial charge in [-0.1, -0.05) is 39.4 Å². The van der Waals surface area contributed by atoms with Gasteiger partial charge in [-0.2, -0.15) is 0 Å². The minimum absolute atomic E-state index is 0.207. The second-order valence-electron chi connectivity index (χ2n) is 4.85. The van der Waals surface area contributed by atoms with Crippen LogP contribution in [0.15, 0.2) is 28.7 Å². The van der Waals surface area contributed by atoms with Crippen LogP contribution >= 0.6 is 27.3 Å². The third-order valence-electron chi connectivity index (χ3n) is 2.61. The molecule has 0 spiro atoms. The van der Waals surface area contributed by atoms with Crippen molar-refractivity contribution in [3.8, 4) is 0 Å². The number of carbonyl (C=O) groups excluding carboxylic acids is 1. The first-order chi connectivity index (χ1) is 9.95. The number of rotatable bonds is 5. The number of amides is 1. The van der Waals surface area contributed by atoms with Gasteiger partial charge >= 0.3 is 0 Å². The number of aromatic nitrogens is 1. The number of thiazole rings is 1. The van der Waals surface area contributed by atoms with Crippen LogP contribution in [0.2, 0.25) is 0 Å². The summed E-state index contributed by atoms with van der Waals surface area (Å²) in [6.45, 7) is 4.46. The molecule has 2 aromatic rings. The predicted octanol–water partition coefficient (Wildman–Crippen LogP) is 3.24. The van der Waals surface area contributed by atoms with Gasteiger partial charge < -0.3 is 16.4 Å². The summed E-state index contributed by atoms with van der Waals surface area (Å²) in [7, 11) is 0. The van der Waals surface area contributed by atoms with E-state index in [0.29, 0.717) is 16.6 Å². The maximum atomic E-state index is 12.2. The van der Waals surface area contributed by atoms with Crippen LogP contribution in [0, 0.1) is 0 Å². The molecule has 0 aliphatic carbocycles. The van der Waals surface area contributed by atoms with Crippen molar-refractivity contribution in [3.05, 3.63) is 39.2 Å². The fourth-order valence-corrected chi connectivity index (χ4v) is 3.11. The normalized spacial score (nSPS) is 10.7. The van der Waals surface area contributed by atoms with Gasteiger partial charge in [0.25, 0.3) is 5.91 Å². The van der Waals surface area contributed by atoms with E-state index >= 15 is 0 Å². The van der Waals surface area contributed by atoms with Crippen molar-refractivity contribution in [3.63, 3.8) is 0 Å². The van der Waals surface area contributed by atoms with E-state index in [0.717, 1.165) is 10.0 Å². The average Bonchev–Trinajstić information content (AvgIpc) is 2.76. The van der Waals surface area contributed by atoms with Crippen LogP contribution < -0.4 is 16.4 Å². The van der Waals surface area contributed by atoms with Crippen molar-refractivity contribution in [1.29, 1.82) is 0 Å². The van der Waals surface area contributed by atoms with Crippen molar-refractivity contribution in [2.45, 2.75) is 26.4 Å². The Bertz CT molecular complexity index is 642. The van der Waals surface area contributed by atoms with Crippen molar-refractivity contribution < 1.29 is 4.79 Å². The van der Waals surface area contributed by atoms with Gasteiger partial charge in [0.15, 0.2) is 5.13 Å². The Hall–Kier alpha value is -1.60. The number of benzene rings is 1. The van der Waals surface area contributed by atoms with E-state index < -0.39 is 0 Å². The minimum atomic E-state index is -0.207. The molecule has 5 nitrogen and oxygen atoms in total. The summed E-state index contributed by atoms with van der Waals surface area (Å²) in [5.74, 6) is 0.0525. The van der Waals surface area contributed by atoms with Crippen molar-refractivity contribution >= 4 is 44.1 Å². The molecule has 0 unspecified atom stereocenters. The molecule has 4 N–H and O–H groups in total. The minimum Gasteiger partial charge on any atom is -0.382 e. The van der Waals surface area contributed by atoms with E-state index in [1.54, 1.807) is 0 Å². The zero-order valence-electron chi connectivity index (χ0n) is 11.8. The summed E-state index contributed by atoms with van der Waals surface area (Å²) in [6, 6.07) is 8.02. The van der Waals surface area contributed by atoms with Gasteiger partial charge in [-0.15, -0.1) is 0 Å². The van der Waals surface area contributed by atoms with Crippen LogP contribution in [0.3, 0.4) is 0 Å². The number of halogens is 1. The molecule has 0 saturated heterocycles. The largest absolute Gasteiger partial charge is 0.382 e. The highest BCUT2D eigenvalue weighted by Crippen LogP contribution is 2.25. The Labute approximate surface area is 136 Å². The highest BCUT2D eigenvalue weighted by Gasteiger charge is 2.16. The SMILES string of the molecule is CC(C)Nc1nc(N)c(C(=O)NCc2cccc(Br)c2)s1. The van der Waals surface area contributed by atoms with Crippen LogP contribution in [-0.2, 0) is 6.54 Å². The van der Waals surface area contributed by atoms with Gasteiger partial charge in [0.2, 0.25) is 0 Å². The number of nitrogens with one attached hydrogen (secondary N) is 2. The Morgan fingerprint density at radius 1 is 1.48 bits per heavy atom. The zero-order chi connectivity index (χ0) is 15.4. The standard InChI is InChI=1S/C14H17BrN4OS/c1-8(2)18-14-19-12(16)11(21-14)13(20)17-7-9-4-3-5-10(15)6-9/h3-6,8H,7,16H2,1-2H3,(H,17,20)(H,18,19). The molecule has 1 aromatic heterocycles. The maximum absolute atomic E-state index is 12.2. The zero-order valence-corrected chi connectivity index (χ0v) is 14.2. The number of nitrogens with zero attached hydrogens (tertiary/aromatic N) is 1. The van der Waals surface area contributed by atoms with Gasteiger partial charge in [0.05, 0.1) is 0 Å². The topological polar surface area (TPSA) is 80.0 Å². The highest BCUT2D eigenvalue weighted by molar-refractivity contribution is 9.10.